The zero-order chi connectivity index (χ0) is 65.6. The highest BCUT2D eigenvalue weighted by molar-refractivity contribution is 7.27. The summed E-state index contributed by atoms with van der Waals surface area (Å²) in [6, 6.07) is 116. The molecule has 0 radical (unpaired) electrons. The molecule has 100 heavy (non-hydrogen) atoms. The average Bonchev–Trinajstić information content (AvgIpc) is 1.48. The lowest BCUT2D eigenvalue weighted by Gasteiger charge is -2.27. The number of para-hydroxylation sites is 4. The maximum atomic E-state index is 13.6. The molecule has 0 aliphatic carbocycles. The fourth-order valence-electron chi connectivity index (χ4n) is 17.2. The maximum Gasteiger partial charge on any atom is 0.104 e. The summed E-state index contributed by atoms with van der Waals surface area (Å²) in [6.07, 6.45) is 0. The smallest absolute Gasteiger partial charge is 0.104 e. The van der Waals surface area contributed by atoms with Crippen LogP contribution in [0.25, 0.3) is 205 Å². The Bertz CT molecular complexity index is 7400. The standard InChI is InChI=1S/C92H50N6S2/c93-51-74-86(96-78-35-13-7-27-64(78)65-28-8-14-36-79(65)96)88(98-81-50-57(61-32-18-22-55-40-39-54-20-2-4-24-60(54)84(55)61)42-44-67(81)71-46-48-73-69-30-10-16-38-83(69)100-92(73)90(71)98)75(52-94)85(95-76-33-11-5-25-62(76)63-26-6-12-34-77(63)95)87(74)97-80-49-56(59-31-17-21-53-19-1-3-23-58(53)59)41-43-66(80)70-45-47-72-68-29-9-15-37-82(68)99-91(72)89(70)97/h1-50H. The lowest BCUT2D eigenvalue weighted by molar-refractivity contribution is 1.03. The van der Waals surface area contributed by atoms with Gasteiger partial charge in [-0.2, -0.15) is 10.5 Å². The van der Waals surface area contributed by atoms with Gasteiger partial charge < -0.3 is 18.3 Å². The molecule has 8 heteroatoms. The topological polar surface area (TPSA) is 67.3 Å². The predicted octanol–water partition coefficient (Wildman–Crippen LogP) is 25.3. The van der Waals surface area contributed by atoms with Gasteiger partial charge in [-0.15, -0.1) is 22.7 Å². The molecule has 0 atom stereocenters. The van der Waals surface area contributed by atoms with Gasteiger partial charge in [0.25, 0.3) is 0 Å². The van der Waals surface area contributed by atoms with Gasteiger partial charge in [-0.05, 0) is 103 Å². The van der Waals surface area contributed by atoms with E-state index in [4.69, 9.17) is 0 Å². The van der Waals surface area contributed by atoms with Crippen LogP contribution in [0, 0.1) is 22.7 Å². The van der Waals surface area contributed by atoms with E-state index in [0.29, 0.717) is 33.9 Å². The van der Waals surface area contributed by atoms with E-state index in [2.05, 4.69) is 334 Å². The summed E-state index contributed by atoms with van der Waals surface area (Å²) < 4.78 is 14.0. The highest BCUT2D eigenvalue weighted by Crippen LogP contribution is 2.53. The van der Waals surface area contributed by atoms with Crippen LogP contribution in [0.1, 0.15) is 11.1 Å². The number of thiophene rings is 2. The van der Waals surface area contributed by atoms with Crippen LogP contribution in [0.2, 0.25) is 0 Å². The lowest BCUT2D eigenvalue weighted by Crippen LogP contribution is -2.16. The van der Waals surface area contributed by atoms with Crippen molar-refractivity contribution >= 4 is 183 Å². The molecule has 0 spiro atoms. The van der Waals surface area contributed by atoms with Crippen LogP contribution in [-0.2, 0) is 0 Å². The molecule has 0 aliphatic heterocycles. The van der Waals surface area contributed by atoms with Gasteiger partial charge in [0.05, 0.1) is 76.3 Å². The number of fused-ring (bicyclic) bond motifs is 24. The SMILES string of the molecule is N#Cc1c(-n2c3ccccc3c3ccccc32)c(-n2c3cc(-c4cccc5ccc6ccccc6c45)ccc3c3ccc4c5ccccc5sc4c32)c(C#N)c(-n2c3ccccc3c3ccccc32)c1-n1c2cc(-c3cccc4ccccc34)ccc2c2ccc3c4ccccc4sc3c21. The Morgan fingerprint density at radius 3 is 1.07 bits per heavy atom. The van der Waals surface area contributed by atoms with Gasteiger partial charge in [0.1, 0.15) is 23.3 Å². The zero-order valence-electron chi connectivity index (χ0n) is 53.4. The molecule has 0 fully saturated rings. The molecule has 460 valence electrons. The van der Waals surface area contributed by atoms with E-state index < -0.39 is 0 Å². The molecule has 0 saturated carbocycles. The van der Waals surface area contributed by atoms with E-state index in [0.717, 1.165) is 166 Å². The summed E-state index contributed by atoms with van der Waals surface area (Å²) >= 11 is 3.56. The molecule has 22 aromatic rings. The van der Waals surface area contributed by atoms with Crippen molar-refractivity contribution in [2.45, 2.75) is 0 Å². The first-order valence-corrected chi connectivity index (χ1v) is 35.4. The molecule has 0 N–H and O–H groups in total. The average molecular weight is 1300 g/mol. The van der Waals surface area contributed by atoms with Crippen molar-refractivity contribution in [1.29, 1.82) is 10.5 Å². The van der Waals surface area contributed by atoms with Crippen LogP contribution < -0.4 is 0 Å². The molecule has 0 unspecified atom stereocenters. The minimum absolute atomic E-state index is 0.402. The van der Waals surface area contributed by atoms with Crippen molar-refractivity contribution in [2.24, 2.45) is 0 Å². The highest BCUT2D eigenvalue weighted by Gasteiger charge is 2.36. The lowest BCUT2D eigenvalue weighted by atomic mass is 9.93. The van der Waals surface area contributed by atoms with Gasteiger partial charge in [-0.25, -0.2) is 0 Å². The Morgan fingerprint density at radius 2 is 0.580 bits per heavy atom. The third kappa shape index (κ3) is 7.42. The molecular formula is C92H50N6S2. The monoisotopic (exact) mass is 1300 g/mol. The number of nitrogens with zero attached hydrogens (tertiary/aromatic N) is 6. The number of benzene rings is 16. The fraction of sp³-hybridized carbons (Fsp3) is 0. The Kier molecular flexibility index (Phi) is 11.4. The van der Waals surface area contributed by atoms with E-state index in [9.17, 15) is 10.5 Å². The number of aromatic nitrogens is 4. The van der Waals surface area contributed by atoms with Crippen LogP contribution in [0.3, 0.4) is 0 Å². The Balaban J connectivity index is 1.02. The summed E-state index contributed by atoms with van der Waals surface area (Å²) in [6.45, 7) is 0. The minimum Gasteiger partial charge on any atom is -0.306 e. The van der Waals surface area contributed by atoms with Crippen LogP contribution in [-0.4, -0.2) is 18.3 Å². The molecule has 0 bridgehead atoms. The maximum absolute atomic E-state index is 13.6. The first kappa shape index (κ1) is 55.1. The summed E-state index contributed by atoms with van der Waals surface area (Å²) in [4.78, 5) is 0. The van der Waals surface area contributed by atoms with Gasteiger partial charge in [0.15, 0.2) is 0 Å². The van der Waals surface area contributed by atoms with E-state index in [1.54, 1.807) is 22.7 Å². The van der Waals surface area contributed by atoms with Crippen molar-refractivity contribution in [3.63, 3.8) is 0 Å². The largest absolute Gasteiger partial charge is 0.306 e. The molecule has 22 rings (SSSR count). The van der Waals surface area contributed by atoms with E-state index >= 15 is 0 Å². The molecule has 16 aromatic carbocycles. The molecular weight excluding hydrogens is 1250 g/mol. The number of nitriles is 2. The summed E-state index contributed by atoms with van der Waals surface area (Å²) in [5.74, 6) is 0. The van der Waals surface area contributed by atoms with Crippen molar-refractivity contribution in [3.8, 4) is 57.1 Å². The number of rotatable bonds is 6. The first-order chi connectivity index (χ1) is 49.6. The van der Waals surface area contributed by atoms with E-state index in [-0.39, 0.29) is 0 Å². The van der Waals surface area contributed by atoms with E-state index in [1.165, 1.54) is 16.2 Å². The van der Waals surface area contributed by atoms with Gasteiger partial charge in [0, 0.05) is 74.0 Å². The van der Waals surface area contributed by atoms with Crippen LogP contribution in [0.4, 0.5) is 0 Å². The van der Waals surface area contributed by atoms with E-state index in [1.807, 2.05) is 0 Å². The second kappa shape index (κ2) is 20.7. The van der Waals surface area contributed by atoms with Crippen molar-refractivity contribution < 1.29 is 0 Å². The van der Waals surface area contributed by atoms with Crippen molar-refractivity contribution in [3.05, 3.63) is 314 Å². The molecule has 0 saturated heterocycles. The number of hydrogen-bond donors (Lipinski definition) is 0. The normalized spacial score (nSPS) is 12.2. The van der Waals surface area contributed by atoms with Gasteiger partial charge >= 0.3 is 0 Å². The zero-order valence-corrected chi connectivity index (χ0v) is 55.0. The highest BCUT2D eigenvalue weighted by atomic mass is 32.1. The third-order valence-corrected chi connectivity index (χ3v) is 23.8. The Morgan fingerprint density at radius 1 is 0.240 bits per heavy atom. The molecule has 6 nitrogen and oxygen atoms in total. The van der Waals surface area contributed by atoms with Crippen LogP contribution in [0.5, 0.6) is 0 Å². The molecule has 0 aliphatic rings. The van der Waals surface area contributed by atoms with Crippen molar-refractivity contribution in [1.82, 2.24) is 18.3 Å². The molecule has 6 heterocycles. The number of hydrogen-bond acceptors (Lipinski definition) is 4. The summed E-state index contributed by atoms with van der Waals surface area (Å²) in [7, 11) is 0. The first-order valence-electron chi connectivity index (χ1n) is 33.8. The summed E-state index contributed by atoms with van der Waals surface area (Å²) in [5.41, 5.74) is 14.8. The van der Waals surface area contributed by atoms with Gasteiger partial charge in [-0.1, -0.05) is 255 Å². The summed E-state index contributed by atoms with van der Waals surface area (Å²) in [5, 5.41) is 47.0. The van der Waals surface area contributed by atoms with Crippen LogP contribution in [0.15, 0.2) is 303 Å². The molecule has 0 amide bonds. The molecule has 6 aromatic heterocycles. The van der Waals surface area contributed by atoms with Crippen molar-refractivity contribution in [2.75, 3.05) is 0 Å². The Labute approximate surface area is 578 Å². The van der Waals surface area contributed by atoms with Crippen LogP contribution >= 0.6 is 22.7 Å². The minimum atomic E-state index is 0.402. The van der Waals surface area contributed by atoms with Gasteiger partial charge in [-0.3, -0.25) is 0 Å². The Hall–Kier alpha value is -13.1. The van der Waals surface area contributed by atoms with Gasteiger partial charge in [0.2, 0.25) is 0 Å². The predicted molar refractivity (Wildman–Crippen MR) is 422 cm³/mol. The third-order valence-electron chi connectivity index (χ3n) is 21.4. The second-order valence-corrected chi connectivity index (χ2v) is 28.4. The quantitative estimate of drug-likeness (QED) is 0.156. The second-order valence-electron chi connectivity index (χ2n) is 26.3. The fourth-order valence-corrected chi connectivity index (χ4v) is 19.7.